The molecule has 3 aromatic rings. The number of benzene rings is 1. The quantitative estimate of drug-likeness (QED) is 0.790. The van der Waals surface area contributed by atoms with E-state index < -0.39 is 0 Å². The van der Waals surface area contributed by atoms with Gasteiger partial charge in [0.05, 0.1) is 5.69 Å². The first-order valence-corrected chi connectivity index (χ1v) is 6.63. The van der Waals surface area contributed by atoms with Gasteiger partial charge in [-0.05, 0) is 36.8 Å². The molecule has 0 saturated carbocycles. The molecule has 0 spiro atoms. The number of hydrogen-bond acceptors (Lipinski definition) is 3. The Balaban J connectivity index is 1.69. The summed E-state index contributed by atoms with van der Waals surface area (Å²) in [6.07, 6.45) is 3.95. The first kappa shape index (κ1) is 12.7. The fraction of sp³-hybridized carbons (Fsp3) is 0.188. The van der Waals surface area contributed by atoms with E-state index in [-0.39, 0.29) is 6.04 Å². The van der Waals surface area contributed by atoms with Crippen molar-refractivity contribution in [1.29, 1.82) is 0 Å². The van der Waals surface area contributed by atoms with Gasteiger partial charge in [-0.2, -0.15) is 0 Å². The minimum Gasteiger partial charge on any atom is -0.487 e. The molecule has 0 aliphatic carbocycles. The van der Waals surface area contributed by atoms with Crippen molar-refractivity contribution in [2.75, 3.05) is 0 Å². The lowest BCUT2D eigenvalue weighted by molar-refractivity contribution is 0.302. The van der Waals surface area contributed by atoms with Crippen LogP contribution in [0.4, 0.5) is 0 Å². The van der Waals surface area contributed by atoms with Crippen molar-refractivity contribution in [3.8, 4) is 5.75 Å². The maximum absolute atomic E-state index is 5.82. The SMILES string of the molecule is CC(N)c1ccc(OCc2cn3ccccc3n2)cc1. The predicted octanol–water partition coefficient (Wildman–Crippen LogP) is 2.93. The maximum Gasteiger partial charge on any atom is 0.137 e. The molecule has 0 radical (unpaired) electrons. The molecule has 1 atom stereocenters. The van der Waals surface area contributed by atoms with E-state index in [9.17, 15) is 0 Å². The van der Waals surface area contributed by atoms with Crippen LogP contribution in [-0.4, -0.2) is 9.38 Å². The fourth-order valence-electron chi connectivity index (χ4n) is 2.08. The van der Waals surface area contributed by atoms with Gasteiger partial charge >= 0.3 is 0 Å². The predicted molar refractivity (Wildman–Crippen MR) is 78.6 cm³/mol. The number of pyridine rings is 1. The van der Waals surface area contributed by atoms with Crippen LogP contribution in [0.5, 0.6) is 5.75 Å². The highest BCUT2D eigenvalue weighted by molar-refractivity contribution is 5.39. The lowest BCUT2D eigenvalue weighted by Crippen LogP contribution is -2.04. The van der Waals surface area contributed by atoms with E-state index in [1.807, 2.05) is 66.2 Å². The third kappa shape index (κ3) is 2.65. The lowest BCUT2D eigenvalue weighted by Gasteiger charge is -2.07. The number of nitrogens with two attached hydrogens (primary N) is 1. The van der Waals surface area contributed by atoms with E-state index in [2.05, 4.69) is 4.98 Å². The average Bonchev–Trinajstić information content (AvgIpc) is 2.88. The molecule has 2 N–H and O–H groups in total. The number of fused-ring (bicyclic) bond motifs is 1. The zero-order chi connectivity index (χ0) is 13.9. The number of imidazole rings is 1. The molecule has 0 aliphatic heterocycles. The molecular formula is C16H17N3O. The second-order valence-corrected chi connectivity index (χ2v) is 4.84. The molecule has 0 amide bonds. The van der Waals surface area contributed by atoms with Gasteiger partial charge in [0.25, 0.3) is 0 Å². The summed E-state index contributed by atoms with van der Waals surface area (Å²) in [4.78, 5) is 4.49. The van der Waals surface area contributed by atoms with Crippen molar-refractivity contribution >= 4 is 5.65 Å². The number of aromatic nitrogens is 2. The second kappa shape index (κ2) is 5.35. The maximum atomic E-state index is 5.82. The van der Waals surface area contributed by atoms with Crippen LogP contribution in [0.3, 0.4) is 0 Å². The van der Waals surface area contributed by atoms with Crippen LogP contribution in [0, 0.1) is 0 Å². The van der Waals surface area contributed by atoms with Gasteiger partial charge in [-0.3, -0.25) is 0 Å². The molecule has 20 heavy (non-hydrogen) atoms. The van der Waals surface area contributed by atoms with E-state index in [0.29, 0.717) is 6.61 Å². The van der Waals surface area contributed by atoms with Gasteiger partial charge in [-0.25, -0.2) is 4.98 Å². The van der Waals surface area contributed by atoms with Gasteiger partial charge in [0.15, 0.2) is 0 Å². The smallest absolute Gasteiger partial charge is 0.137 e. The van der Waals surface area contributed by atoms with E-state index in [0.717, 1.165) is 22.7 Å². The van der Waals surface area contributed by atoms with Gasteiger partial charge in [-0.1, -0.05) is 18.2 Å². The Bertz CT molecular complexity index is 668. The number of nitrogens with zero attached hydrogens (tertiary/aromatic N) is 2. The van der Waals surface area contributed by atoms with Crippen LogP contribution in [-0.2, 0) is 6.61 Å². The van der Waals surface area contributed by atoms with Gasteiger partial charge < -0.3 is 14.9 Å². The molecule has 2 heterocycles. The summed E-state index contributed by atoms with van der Waals surface area (Å²) in [5.74, 6) is 0.825. The topological polar surface area (TPSA) is 52.5 Å². The van der Waals surface area contributed by atoms with E-state index in [1.54, 1.807) is 0 Å². The molecular weight excluding hydrogens is 250 g/mol. The van der Waals surface area contributed by atoms with Crippen molar-refractivity contribution in [3.63, 3.8) is 0 Å². The highest BCUT2D eigenvalue weighted by atomic mass is 16.5. The van der Waals surface area contributed by atoms with E-state index in [1.165, 1.54) is 0 Å². The van der Waals surface area contributed by atoms with Crippen LogP contribution in [0.25, 0.3) is 5.65 Å². The zero-order valence-electron chi connectivity index (χ0n) is 11.4. The Labute approximate surface area is 117 Å². The van der Waals surface area contributed by atoms with Crippen molar-refractivity contribution < 1.29 is 4.74 Å². The highest BCUT2D eigenvalue weighted by Gasteiger charge is 2.03. The molecule has 4 heteroatoms. The number of ether oxygens (including phenoxy) is 1. The van der Waals surface area contributed by atoms with Gasteiger partial charge in [0.1, 0.15) is 18.0 Å². The van der Waals surface area contributed by atoms with Crippen LogP contribution >= 0.6 is 0 Å². The highest BCUT2D eigenvalue weighted by Crippen LogP contribution is 2.17. The molecule has 1 aromatic carbocycles. The van der Waals surface area contributed by atoms with Crippen molar-refractivity contribution in [3.05, 3.63) is 66.1 Å². The van der Waals surface area contributed by atoms with Crippen molar-refractivity contribution in [2.24, 2.45) is 5.73 Å². The largest absolute Gasteiger partial charge is 0.487 e. The summed E-state index contributed by atoms with van der Waals surface area (Å²) < 4.78 is 7.72. The molecule has 102 valence electrons. The van der Waals surface area contributed by atoms with Gasteiger partial charge in [-0.15, -0.1) is 0 Å². The Hall–Kier alpha value is -2.33. The Morgan fingerprint density at radius 3 is 2.70 bits per heavy atom. The Morgan fingerprint density at radius 1 is 1.20 bits per heavy atom. The van der Waals surface area contributed by atoms with Gasteiger partial charge in [0.2, 0.25) is 0 Å². The molecule has 0 bridgehead atoms. The normalized spacial score (nSPS) is 12.5. The lowest BCUT2D eigenvalue weighted by atomic mass is 10.1. The zero-order valence-corrected chi connectivity index (χ0v) is 11.4. The first-order valence-electron chi connectivity index (χ1n) is 6.63. The molecule has 4 nitrogen and oxygen atoms in total. The summed E-state index contributed by atoms with van der Waals surface area (Å²) in [7, 11) is 0. The molecule has 1 unspecified atom stereocenters. The van der Waals surface area contributed by atoms with Crippen molar-refractivity contribution in [1.82, 2.24) is 9.38 Å². The van der Waals surface area contributed by atoms with E-state index in [4.69, 9.17) is 10.5 Å². The Kier molecular flexibility index (Phi) is 3.39. The summed E-state index contributed by atoms with van der Waals surface area (Å²) >= 11 is 0. The van der Waals surface area contributed by atoms with E-state index >= 15 is 0 Å². The van der Waals surface area contributed by atoms with Gasteiger partial charge in [0, 0.05) is 18.4 Å². The molecule has 0 saturated heterocycles. The molecule has 2 aromatic heterocycles. The minimum atomic E-state index is 0.0440. The second-order valence-electron chi connectivity index (χ2n) is 4.84. The molecule has 0 aliphatic rings. The summed E-state index contributed by atoms with van der Waals surface area (Å²) in [6, 6.07) is 13.8. The van der Waals surface area contributed by atoms with Crippen LogP contribution in [0.2, 0.25) is 0 Å². The molecule has 3 rings (SSSR count). The summed E-state index contributed by atoms with van der Waals surface area (Å²) in [5, 5.41) is 0. The van der Waals surface area contributed by atoms with Crippen LogP contribution < -0.4 is 10.5 Å². The monoisotopic (exact) mass is 267 g/mol. The third-order valence-electron chi connectivity index (χ3n) is 3.21. The van der Waals surface area contributed by atoms with Crippen LogP contribution in [0.15, 0.2) is 54.9 Å². The van der Waals surface area contributed by atoms with Crippen molar-refractivity contribution in [2.45, 2.75) is 19.6 Å². The number of rotatable bonds is 4. The summed E-state index contributed by atoms with van der Waals surface area (Å²) in [5.41, 5.74) is 8.76. The fourth-order valence-corrected chi connectivity index (χ4v) is 2.08. The molecule has 0 fully saturated rings. The first-order chi connectivity index (χ1) is 9.72. The standard InChI is InChI=1S/C16H17N3O/c1-12(17)13-5-7-15(8-6-13)20-11-14-10-19-9-3-2-4-16(19)18-14/h2-10,12H,11,17H2,1H3. The minimum absolute atomic E-state index is 0.0440. The Morgan fingerprint density at radius 2 is 2.00 bits per heavy atom. The third-order valence-corrected chi connectivity index (χ3v) is 3.21. The number of hydrogen-bond donors (Lipinski definition) is 1. The van der Waals surface area contributed by atoms with Crippen LogP contribution in [0.1, 0.15) is 24.2 Å². The summed E-state index contributed by atoms with van der Waals surface area (Å²) in [6.45, 7) is 2.42. The average molecular weight is 267 g/mol.